The fourth-order valence-corrected chi connectivity index (χ4v) is 5.84. The number of nitrogens with one attached hydrogen (secondary N) is 1. The fraction of sp³-hybridized carbons (Fsp3) is 0.667. The van der Waals surface area contributed by atoms with Gasteiger partial charge in [-0.05, 0) is 39.5 Å². The zero-order chi connectivity index (χ0) is 18.3. The highest BCUT2D eigenvalue weighted by atomic mass is 32.2. The molecule has 8 heteroatoms. The molecule has 142 valence electrons. The highest BCUT2D eigenvalue weighted by Crippen LogP contribution is 2.39. The Morgan fingerprint density at radius 2 is 1.69 bits per heavy atom. The first kappa shape index (κ1) is 17.7. The number of sulfonamides is 1. The van der Waals surface area contributed by atoms with E-state index < -0.39 is 10.0 Å². The molecule has 0 unspecified atom stereocenters. The summed E-state index contributed by atoms with van der Waals surface area (Å²) < 4.78 is 34.3. The van der Waals surface area contributed by atoms with Gasteiger partial charge >= 0.3 is 0 Å². The van der Waals surface area contributed by atoms with Gasteiger partial charge in [0.25, 0.3) is 5.89 Å². The molecule has 1 saturated carbocycles. The van der Waals surface area contributed by atoms with Gasteiger partial charge in [-0.2, -0.15) is 4.31 Å². The number of aryl methyl sites for hydroxylation is 2. The second kappa shape index (κ2) is 6.81. The van der Waals surface area contributed by atoms with Gasteiger partial charge in [0.1, 0.15) is 4.90 Å². The molecule has 4 rings (SSSR count). The van der Waals surface area contributed by atoms with Crippen LogP contribution < -0.4 is 0 Å². The minimum Gasteiger partial charge on any atom is -0.420 e. The Morgan fingerprint density at radius 3 is 2.31 bits per heavy atom. The molecule has 2 aliphatic rings. The fourth-order valence-electron chi connectivity index (χ4n) is 3.91. The van der Waals surface area contributed by atoms with Crippen LogP contribution in [0.2, 0.25) is 0 Å². The van der Waals surface area contributed by atoms with Crippen molar-refractivity contribution >= 4 is 10.0 Å². The van der Waals surface area contributed by atoms with E-state index in [0.29, 0.717) is 46.9 Å². The Balaban J connectivity index is 1.75. The number of nitrogens with zero attached hydrogens (tertiary/aromatic N) is 3. The lowest BCUT2D eigenvalue weighted by Gasteiger charge is -2.21. The van der Waals surface area contributed by atoms with Gasteiger partial charge in [-0.1, -0.05) is 19.3 Å². The molecule has 0 amide bonds. The molecule has 2 aromatic heterocycles. The van der Waals surface area contributed by atoms with Crippen molar-refractivity contribution in [3.8, 4) is 11.5 Å². The van der Waals surface area contributed by atoms with Gasteiger partial charge in [-0.3, -0.25) is 0 Å². The highest BCUT2D eigenvalue weighted by Gasteiger charge is 2.34. The maximum atomic E-state index is 13.4. The lowest BCUT2D eigenvalue weighted by molar-refractivity contribution is 0.338. The average Bonchev–Trinajstić information content (AvgIpc) is 2.98. The van der Waals surface area contributed by atoms with Crippen LogP contribution in [0.3, 0.4) is 0 Å². The molecule has 0 atom stereocenters. The topological polar surface area (TPSA) is 92.1 Å². The van der Waals surface area contributed by atoms with Crippen molar-refractivity contribution in [3.63, 3.8) is 0 Å². The van der Waals surface area contributed by atoms with Crippen LogP contribution in [-0.4, -0.2) is 41.0 Å². The van der Waals surface area contributed by atoms with Crippen LogP contribution in [0.25, 0.3) is 11.5 Å². The van der Waals surface area contributed by atoms with E-state index in [9.17, 15) is 8.42 Å². The molecular formula is C18H26N4O3S. The van der Waals surface area contributed by atoms with Crippen molar-refractivity contribution in [3.05, 3.63) is 17.3 Å². The summed E-state index contributed by atoms with van der Waals surface area (Å²) in [5.74, 6) is 1.26. The van der Waals surface area contributed by atoms with Crippen LogP contribution in [0.4, 0.5) is 0 Å². The van der Waals surface area contributed by atoms with Crippen molar-refractivity contribution in [1.29, 1.82) is 0 Å². The molecule has 1 N–H and O–H groups in total. The molecule has 26 heavy (non-hydrogen) atoms. The molecule has 7 nitrogen and oxygen atoms in total. The molecule has 0 bridgehead atoms. The smallest absolute Gasteiger partial charge is 0.250 e. The van der Waals surface area contributed by atoms with Crippen LogP contribution >= 0.6 is 0 Å². The normalized spacial score (nSPS) is 20.1. The van der Waals surface area contributed by atoms with E-state index in [-0.39, 0.29) is 0 Å². The van der Waals surface area contributed by atoms with E-state index >= 15 is 0 Å². The Labute approximate surface area is 154 Å². The predicted octanol–water partition coefficient (Wildman–Crippen LogP) is 3.51. The van der Waals surface area contributed by atoms with Crippen LogP contribution in [0.1, 0.15) is 68.1 Å². The van der Waals surface area contributed by atoms with E-state index in [1.807, 2.05) is 6.92 Å². The first-order valence-corrected chi connectivity index (χ1v) is 11.0. The summed E-state index contributed by atoms with van der Waals surface area (Å²) in [6.07, 6.45) is 7.28. The second-order valence-electron chi connectivity index (χ2n) is 7.47. The van der Waals surface area contributed by atoms with Crippen molar-refractivity contribution in [2.75, 3.05) is 13.1 Å². The summed E-state index contributed by atoms with van der Waals surface area (Å²) in [4.78, 5) is 3.46. The largest absolute Gasteiger partial charge is 0.420 e. The number of aromatic amines is 1. The molecule has 0 aromatic carbocycles. The van der Waals surface area contributed by atoms with Gasteiger partial charge in [0.15, 0.2) is 0 Å². The summed E-state index contributed by atoms with van der Waals surface area (Å²) in [5, 5.41) is 8.36. The first-order chi connectivity index (χ1) is 12.5. The zero-order valence-electron chi connectivity index (χ0n) is 15.4. The molecule has 3 heterocycles. The molecule has 1 aliphatic heterocycles. The molecule has 0 radical (unpaired) electrons. The lowest BCUT2D eigenvalue weighted by atomic mass is 9.85. The number of H-pyrrole nitrogens is 1. The average molecular weight is 378 g/mol. The summed E-state index contributed by atoms with van der Waals surface area (Å²) in [7, 11) is -3.60. The SMILES string of the molecule is Cc1[nH]c(C)c(S(=O)(=O)N2CCCCCC2)c1-c1nnc(C2CCC2)o1. The Kier molecular flexibility index (Phi) is 4.64. The van der Waals surface area contributed by atoms with Gasteiger partial charge in [0.05, 0.1) is 5.56 Å². The van der Waals surface area contributed by atoms with Gasteiger partial charge in [-0.15, -0.1) is 10.2 Å². The third kappa shape index (κ3) is 2.99. The van der Waals surface area contributed by atoms with Crippen molar-refractivity contribution in [1.82, 2.24) is 19.5 Å². The number of rotatable bonds is 4. The minimum absolute atomic E-state index is 0.292. The third-order valence-corrected chi connectivity index (χ3v) is 7.66. The Hall–Kier alpha value is -1.67. The first-order valence-electron chi connectivity index (χ1n) is 9.51. The van der Waals surface area contributed by atoms with Gasteiger partial charge < -0.3 is 9.40 Å². The highest BCUT2D eigenvalue weighted by molar-refractivity contribution is 7.89. The van der Waals surface area contributed by atoms with Gasteiger partial charge in [0, 0.05) is 30.4 Å². The van der Waals surface area contributed by atoms with E-state index in [0.717, 1.165) is 44.2 Å². The summed E-state index contributed by atoms with van der Waals surface area (Å²) in [6.45, 7) is 4.80. The van der Waals surface area contributed by atoms with Crippen LogP contribution in [0.5, 0.6) is 0 Å². The molecule has 2 fully saturated rings. The van der Waals surface area contributed by atoms with Crippen LogP contribution in [0, 0.1) is 13.8 Å². The molecule has 2 aromatic rings. The second-order valence-corrected chi connectivity index (χ2v) is 9.35. The Bertz CT molecular complexity index is 888. The zero-order valence-corrected chi connectivity index (χ0v) is 16.2. The standard InChI is InChI=1S/C18H26N4O3S/c1-12-15(18-21-20-17(25-18)14-8-7-9-14)16(13(2)19-12)26(23,24)22-10-5-3-4-6-11-22/h14,19H,3-11H2,1-2H3. The van der Waals surface area contributed by atoms with E-state index in [1.165, 1.54) is 6.42 Å². The summed E-state index contributed by atoms with van der Waals surface area (Å²) in [5.41, 5.74) is 1.91. The monoisotopic (exact) mass is 378 g/mol. The van der Waals surface area contributed by atoms with E-state index in [1.54, 1.807) is 11.2 Å². The molecule has 0 spiro atoms. The van der Waals surface area contributed by atoms with E-state index in [4.69, 9.17) is 4.42 Å². The predicted molar refractivity (Wildman–Crippen MR) is 97.4 cm³/mol. The van der Waals surface area contributed by atoms with Gasteiger partial charge in [-0.25, -0.2) is 8.42 Å². The summed E-state index contributed by atoms with van der Waals surface area (Å²) in [6, 6.07) is 0. The Morgan fingerprint density at radius 1 is 1.00 bits per heavy atom. The van der Waals surface area contributed by atoms with Crippen molar-refractivity contribution in [2.24, 2.45) is 0 Å². The molecule has 1 aliphatic carbocycles. The van der Waals surface area contributed by atoms with Gasteiger partial charge in [0.2, 0.25) is 15.9 Å². The summed E-state index contributed by atoms with van der Waals surface area (Å²) >= 11 is 0. The molecule has 1 saturated heterocycles. The quantitative estimate of drug-likeness (QED) is 0.879. The van der Waals surface area contributed by atoms with Crippen molar-refractivity contribution < 1.29 is 12.8 Å². The van der Waals surface area contributed by atoms with Crippen LogP contribution in [0.15, 0.2) is 9.31 Å². The number of hydrogen-bond donors (Lipinski definition) is 1. The maximum Gasteiger partial charge on any atom is 0.250 e. The minimum atomic E-state index is -3.60. The maximum absolute atomic E-state index is 13.4. The van der Waals surface area contributed by atoms with Crippen LogP contribution in [-0.2, 0) is 10.0 Å². The molecular weight excluding hydrogens is 352 g/mol. The lowest BCUT2D eigenvalue weighted by Crippen LogP contribution is -2.32. The van der Waals surface area contributed by atoms with Crippen molar-refractivity contribution in [2.45, 2.75) is 69.6 Å². The number of hydrogen-bond acceptors (Lipinski definition) is 5. The van der Waals surface area contributed by atoms with E-state index in [2.05, 4.69) is 15.2 Å². The number of aromatic nitrogens is 3. The third-order valence-electron chi connectivity index (χ3n) is 5.59.